The highest BCUT2D eigenvalue weighted by Crippen LogP contribution is 2.28. The summed E-state index contributed by atoms with van der Waals surface area (Å²) in [6.07, 6.45) is 2.25. The van der Waals surface area contributed by atoms with Crippen molar-refractivity contribution in [2.75, 3.05) is 62.7 Å². The van der Waals surface area contributed by atoms with Crippen molar-refractivity contribution in [3.8, 4) is 0 Å². The summed E-state index contributed by atoms with van der Waals surface area (Å²) in [5, 5.41) is 5.99. The van der Waals surface area contributed by atoms with Crippen molar-refractivity contribution in [1.82, 2.24) is 10.2 Å². The van der Waals surface area contributed by atoms with Crippen LogP contribution in [0.5, 0.6) is 0 Å². The highest BCUT2D eigenvalue weighted by molar-refractivity contribution is 9.10. The first-order valence-corrected chi connectivity index (χ1v) is 11.9. The molecule has 0 bridgehead atoms. The van der Waals surface area contributed by atoms with Crippen LogP contribution in [0.15, 0.2) is 46.9 Å². The number of hydrogen-bond donors (Lipinski definition) is 2. The molecule has 2 fully saturated rings. The van der Waals surface area contributed by atoms with Crippen molar-refractivity contribution in [2.45, 2.75) is 12.8 Å². The number of nitrogens with one attached hydrogen (secondary N) is 2. The highest BCUT2D eigenvalue weighted by Gasteiger charge is 2.21. The van der Waals surface area contributed by atoms with Gasteiger partial charge in [-0.05, 0) is 49.2 Å². The Balaban J connectivity index is 1.47. The van der Waals surface area contributed by atoms with Gasteiger partial charge in [-0.25, -0.2) is 0 Å². The average molecular weight is 501 g/mol. The molecule has 7 nitrogen and oxygen atoms in total. The number of halogens is 1. The number of amides is 2. The van der Waals surface area contributed by atoms with E-state index in [2.05, 4.69) is 36.4 Å². The first-order chi connectivity index (χ1) is 15.6. The molecule has 170 valence electrons. The van der Waals surface area contributed by atoms with Crippen LogP contribution in [0.25, 0.3) is 0 Å². The number of nitrogens with zero attached hydrogens (tertiary/aromatic N) is 2. The Bertz CT molecular complexity index is 956. The van der Waals surface area contributed by atoms with Crippen LogP contribution in [0.3, 0.4) is 0 Å². The Morgan fingerprint density at radius 3 is 2.50 bits per heavy atom. The van der Waals surface area contributed by atoms with Gasteiger partial charge in [-0.3, -0.25) is 14.5 Å². The van der Waals surface area contributed by atoms with Gasteiger partial charge in [-0.1, -0.05) is 22.0 Å². The number of carbonyl (C=O) groups is 2. The summed E-state index contributed by atoms with van der Waals surface area (Å²) >= 11 is 3.40. The van der Waals surface area contributed by atoms with E-state index in [1.807, 2.05) is 24.3 Å². The minimum Gasteiger partial charge on any atom is -0.379 e. The normalized spacial score (nSPS) is 16.7. The fraction of sp³-hybridized carbons (Fsp3) is 0.417. The summed E-state index contributed by atoms with van der Waals surface area (Å²) in [6.45, 7) is 6.54. The summed E-state index contributed by atoms with van der Waals surface area (Å²) in [4.78, 5) is 30.3. The van der Waals surface area contributed by atoms with Crippen LogP contribution >= 0.6 is 15.9 Å². The smallest absolute Gasteiger partial charge is 0.255 e. The third-order valence-electron chi connectivity index (χ3n) is 5.85. The predicted molar refractivity (Wildman–Crippen MR) is 130 cm³/mol. The molecule has 0 aromatic heterocycles. The lowest BCUT2D eigenvalue weighted by molar-refractivity contribution is 0.0383. The van der Waals surface area contributed by atoms with Gasteiger partial charge >= 0.3 is 0 Å². The molecule has 0 atom stereocenters. The van der Waals surface area contributed by atoms with E-state index in [1.54, 1.807) is 18.2 Å². The minimum atomic E-state index is -0.209. The molecule has 32 heavy (non-hydrogen) atoms. The van der Waals surface area contributed by atoms with Crippen LogP contribution in [0.2, 0.25) is 0 Å². The molecule has 0 radical (unpaired) electrons. The molecule has 8 heteroatoms. The second kappa shape index (κ2) is 10.9. The summed E-state index contributed by atoms with van der Waals surface area (Å²) in [5.74, 6) is -0.322. The molecule has 2 saturated heterocycles. The first-order valence-electron chi connectivity index (χ1n) is 11.1. The van der Waals surface area contributed by atoms with E-state index in [9.17, 15) is 9.59 Å². The topological polar surface area (TPSA) is 73.9 Å². The van der Waals surface area contributed by atoms with Gasteiger partial charge in [0.25, 0.3) is 11.8 Å². The van der Waals surface area contributed by atoms with Gasteiger partial charge in [0, 0.05) is 60.7 Å². The van der Waals surface area contributed by atoms with E-state index in [-0.39, 0.29) is 11.8 Å². The van der Waals surface area contributed by atoms with E-state index >= 15 is 0 Å². The number of ether oxygens (including phenoxy) is 1. The van der Waals surface area contributed by atoms with Gasteiger partial charge in [-0.15, -0.1) is 0 Å². The lowest BCUT2D eigenvalue weighted by atomic mass is 10.1. The molecular formula is C24H29BrN4O3. The highest BCUT2D eigenvalue weighted by atomic mass is 79.9. The molecule has 4 rings (SSSR count). The summed E-state index contributed by atoms with van der Waals surface area (Å²) in [5.41, 5.74) is 2.68. The number of rotatable bonds is 7. The molecule has 0 spiro atoms. The number of carbonyl (C=O) groups excluding carboxylic acids is 2. The lowest BCUT2D eigenvalue weighted by Crippen LogP contribution is -2.41. The van der Waals surface area contributed by atoms with Gasteiger partial charge in [-0.2, -0.15) is 0 Å². The standard InChI is InChI=1S/C24H29BrN4O3/c25-19-5-3-4-18(16-19)23(30)27-20-6-7-22(29-9-1-2-10-29)21(17-20)24(31)26-8-11-28-12-14-32-15-13-28/h3-7,16-17H,1-2,8-15H2,(H,26,31)(H,27,30). The number of benzene rings is 2. The zero-order chi connectivity index (χ0) is 22.3. The second-order valence-corrected chi connectivity index (χ2v) is 9.02. The number of morpholine rings is 1. The van der Waals surface area contributed by atoms with Crippen LogP contribution in [0.4, 0.5) is 11.4 Å². The molecule has 0 unspecified atom stereocenters. The van der Waals surface area contributed by atoms with Crippen molar-refractivity contribution >= 4 is 39.1 Å². The lowest BCUT2D eigenvalue weighted by Gasteiger charge is -2.26. The van der Waals surface area contributed by atoms with Crippen LogP contribution in [0, 0.1) is 0 Å². The van der Waals surface area contributed by atoms with Crippen LogP contribution in [-0.4, -0.2) is 69.2 Å². The molecule has 0 aliphatic carbocycles. The Hall–Kier alpha value is -2.42. The molecule has 2 aromatic carbocycles. The van der Waals surface area contributed by atoms with Gasteiger partial charge in [0.1, 0.15) is 0 Å². The largest absolute Gasteiger partial charge is 0.379 e. The molecule has 2 heterocycles. The zero-order valence-corrected chi connectivity index (χ0v) is 19.7. The summed E-state index contributed by atoms with van der Waals surface area (Å²) < 4.78 is 6.22. The maximum atomic E-state index is 13.1. The summed E-state index contributed by atoms with van der Waals surface area (Å²) in [6, 6.07) is 12.8. The molecule has 2 N–H and O–H groups in total. The van der Waals surface area contributed by atoms with Crippen molar-refractivity contribution in [3.05, 3.63) is 58.1 Å². The van der Waals surface area contributed by atoms with E-state index in [4.69, 9.17) is 4.74 Å². The third kappa shape index (κ3) is 5.88. The Morgan fingerprint density at radius 2 is 1.75 bits per heavy atom. The van der Waals surface area contributed by atoms with Crippen molar-refractivity contribution < 1.29 is 14.3 Å². The molecular weight excluding hydrogens is 472 g/mol. The van der Waals surface area contributed by atoms with Crippen LogP contribution < -0.4 is 15.5 Å². The van der Waals surface area contributed by atoms with Crippen molar-refractivity contribution in [2.24, 2.45) is 0 Å². The molecule has 2 amide bonds. The average Bonchev–Trinajstić information content (AvgIpc) is 3.34. The van der Waals surface area contributed by atoms with Crippen LogP contribution in [0.1, 0.15) is 33.6 Å². The first kappa shape index (κ1) is 22.8. The third-order valence-corrected chi connectivity index (χ3v) is 6.34. The molecule has 2 aliphatic rings. The van der Waals surface area contributed by atoms with Gasteiger partial charge in [0.05, 0.1) is 18.8 Å². The van der Waals surface area contributed by atoms with E-state index < -0.39 is 0 Å². The van der Waals surface area contributed by atoms with Gasteiger partial charge in [0.15, 0.2) is 0 Å². The Kier molecular flexibility index (Phi) is 7.78. The SMILES string of the molecule is O=C(Nc1ccc(N2CCCC2)c(C(=O)NCCN2CCOCC2)c1)c1cccc(Br)c1. The number of hydrogen-bond acceptors (Lipinski definition) is 5. The quantitative estimate of drug-likeness (QED) is 0.609. The molecule has 0 saturated carbocycles. The second-order valence-electron chi connectivity index (χ2n) is 8.10. The fourth-order valence-electron chi connectivity index (χ4n) is 4.11. The van der Waals surface area contributed by atoms with Gasteiger partial charge < -0.3 is 20.3 Å². The predicted octanol–water partition coefficient (Wildman–Crippen LogP) is 3.36. The van der Waals surface area contributed by atoms with Crippen molar-refractivity contribution in [3.63, 3.8) is 0 Å². The Morgan fingerprint density at radius 1 is 0.969 bits per heavy atom. The number of anilines is 2. The fourth-order valence-corrected chi connectivity index (χ4v) is 4.51. The minimum absolute atomic E-state index is 0.112. The van der Waals surface area contributed by atoms with Crippen molar-refractivity contribution in [1.29, 1.82) is 0 Å². The maximum absolute atomic E-state index is 13.1. The zero-order valence-electron chi connectivity index (χ0n) is 18.1. The molecule has 2 aromatic rings. The Labute approximate surface area is 197 Å². The molecule has 2 aliphatic heterocycles. The van der Waals surface area contributed by atoms with Gasteiger partial charge in [0.2, 0.25) is 0 Å². The maximum Gasteiger partial charge on any atom is 0.255 e. The monoisotopic (exact) mass is 500 g/mol. The summed E-state index contributed by atoms with van der Waals surface area (Å²) in [7, 11) is 0. The van der Waals surface area contributed by atoms with Crippen LogP contribution in [-0.2, 0) is 4.74 Å². The van der Waals surface area contributed by atoms with E-state index in [0.29, 0.717) is 23.4 Å². The van der Waals surface area contributed by atoms with E-state index in [0.717, 1.165) is 68.9 Å². The van der Waals surface area contributed by atoms with E-state index in [1.165, 1.54) is 0 Å².